The third-order valence-corrected chi connectivity index (χ3v) is 15.3. The van der Waals surface area contributed by atoms with E-state index in [0.717, 1.165) is 25.9 Å². The maximum absolute atomic E-state index is 6.81. The van der Waals surface area contributed by atoms with E-state index in [1.807, 2.05) is 69.0 Å². The fourth-order valence-corrected chi connectivity index (χ4v) is 14.3. The van der Waals surface area contributed by atoms with Crippen molar-refractivity contribution in [3.8, 4) is 17.1 Å². The molecular weight excluding hydrogens is 512 g/mol. The van der Waals surface area contributed by atoms with Gasteiger partial charge in [0.15, 0.2) is 0 Å². The van der Waals surface area contributed by atoms with E-state index in [9.17, 15) is 0 Å². The van der Waals surface area contributed by atoms with Crippen molar-refractivity contribution in [1.82, 2.24) is 8.03 Å². The van der Waals surface area contributed by atoms with Crippen LogP contribution in [0.2, 0.25) is 0 Å². The zero-order valence-corrected chi connectivity index (χ0v) is 18.3. The first kappa shape index (κ1) is 17.7. The summed E-state index contributed by atoms with van der Waals surface area (Å²) in [5, 5.41) is 7.72. The first-order valence-electron chi connectivity index (χ1n) is 7.43. The second-order valence-corrected chi connectivity index (χ2v) is 18.5. The molecule has 2 aromatic carbocycles. The van der Waals surface area contributed by atoms with E-state index in [1.165, 1.54) is 0 Å². The number of allylic oxidation sites excluding steroid dienone is 1. The quantitative estimate of drug-likeness (QED) is 0.277. The van der Waals surface area contributed by atoms with Crippen molar-refractivity contribution in [3.63, 3.8) is 0 Å². The third-order valence-electron chi connectivity index (χ3n) is 3.76. The summed E-state index contributed by atoms with van der Waals surface area (Å²) in [7, 11) is 13.6. The van der Waals surface area contributed by atoms with Gasteiger partial charge in [-0.3, -0.25) is 0 Å². The number of fused-ring (bicyclic) bond motifs is 1. The van der Waals surface area contributed by atoms with Crippen LogP contribution in [0, 0.1) is 0 Å². The molecule has 4 rings (SSSR count). The maximum atomic E-state index is 6.81. The fourth-order valence-electron chi connectivity index (χ4n) is 2.57. The summed E-state index contributed by atoms with van der Waals surface area (Å²) in [4.78, 5) is 0. The van der Waals surface area contributed by atoms with Gasteiger partial charge in [-0.2, -0.15) is 0 Å². The van der Waals surface area contributed by atoms with Crippen molar-refractivity contribution in [2.45, 2.75) is 5.16 Å². The Kier molecular flexibility index (Phi) is 5.07. The zero-order chi connectivity index (χ0) is 17.4. The molecule has 1 aromatic heterocycles. The Hall–Kier alpha value is -0.670. The van der Waals surface area contributed by atoms with Crippen LogP contribution in [0.25, 0.3) is 17.1 Å². The Labute approximate surface area is 166 Å². The molecule has 3 nitrogen and oxygen atoms in total. The molecule has 0 aliphatic carbocycles. The molecule has 1 aliphatic heterocycles. The second-order valence-electron chi connectivity index (χ2n) is 5.29. The Balaban J connectivity index is 2.00. The predicted molar refractivity (Wildman–Crippen MR) is 107 cm³/mol. The molecule has 0 spiro atoms. The number of para-hydroxylation sites is 1. The average Bonchev–Trinajstić information content (AvgIpc) is 3.04. The number of hydrogen-bond acceptors (Lipinski definition) is 2. The van der Waals surface area contributed by atoms with Gasteiger partial charge in [-0.15, -0.1) is 0 Å². The Morgan fingerprint density at radius 1 is 1.00 bits per heavy atom. The Morgan fingerprint density at radius 2 is 1.64 bits per heavy atom. The molecule has 0 fully saturated rings. The van der Waals surface area contributed by atoms with Gasteiger partial charge in [0.1, 0.15) is 0 Å². The van der Waals surface area contributed by atoms with E-state index in [0.29, 0.717) is 5.88 Å². The van der Waals surface area contributed by atoms with Gasteiger partial charge in [-0.05, 0) is 0 Å². The van der Waals surface area contributed by atoms with E-state index in [1.54, 1.807) is 11.8 Å². The van der Waals surface area contributed by atoms with Gasteiger partial charge in [0, 0.05) is 0 Å². The molecule has 0 bridgehead atoms. The van der Waals surface area contributed by atoms with Crippen molar-refractivity contribution < 1.29 is 4.57 Å². The fraction of sp³-hybridized carbons (Fsp3) is 0.0588. The average molecular weight is 525 g/mol. The SMILES string of the molecule is ClCC1=CSc2n(nc(-c3ccccc3)[n+]2-c2ccccc2)[Te]1(Cl)Cl. The van der Waals surface area contributed by atoms with Crippen LogP contribution in [0.3, 0.4) is 0 Å². The number of nitrogens with zero attached hydrogens (tertiary/aromatic N) is 3. The van der Waals surface area contributed by atoms with Crippen LogP contribution in [0.15, 0.2) is 74.8 Å². The number of hydrogen-bond donors (Lipinski definition) is 0. The van der Waals surface area contributed by atoms with Crippen molar-refractivity contribution in [2.24, 2.45) is 0 Å². The van der Waals surface area contributed by atoms with Crippen molar-refractivity contribution in [1.29, 1.82) is 0 Å². The zero-order valence-electron chi connectivity index (χ0n) is 12.8. The van der Waals surface area contributed by atoms with E-state index < -0.39 is 16.2 Å². The number of benzene rings is 2. The van der Waals surface area contributed by atoms with E-state index in [4.69, 9.17) is 34.6 Å². The molecule has 3 aromatic rings. The van der Waals surface area contributed by atoms with Crippen molar-refractivity contribution in [2.75, 3.05) is 5.88 Å². The van der Waals surface area contributed by atoms with Crippen LogP contribution < -0.4 is 4.57 Å². The van der Waals surface area contributed by atoms with Gasteiger partial charge in [0.2, 0.25) is 0 Å². The van der Waals surface area contributed by atoms with Gasteiger partial charge < -0.3 is 0 Å². The summed E-state index contributed by atoms with van der Waals surface area (Å²) >= 11 is 4.02. The molecule has 0 unspecified atom stereocenters. The predicted octanol–water partition coefficient (Wildman–Crippen LogP) is 4.86. The topological polar surface area (TPSA) is 21.7 Å². The van der Waals surface area contributed by atoms with E-state index in [-0.39, 0.29) is 0 Å². The van der Waals surface area contributed by atoms with Crippen LogP contribution in [-0.2, 0) is 0 Å². The van der Waals surface area contributed by atoms with Crippen LogP contribution in [0.1, 0.15) is 0 Å². The first-order chi connectivity index (χ1) is 12.1. The molecule has 1 aliphatic rings. The Morgan fingerprint density at radius 3 is 2.28 bits per heavy atom. The van der Waals surface area contributed by atoms with Crippen LogP contribution in [0.5, 0.6) is 0 Å². The van der Waals surface area contributed by atoms with Crippen LogP contribution in [-0.4, -0.2) is 30.1 Å². The molecule has 25 heavy (non-hydrogen) atoms. The summed E-state index contributed by atoms with van der Waals surface area (Å²) in [6.45, 7) is 0. The Bertz CT molecular complexity index is 943. The summed E-state index contributed by atoms with van der Waals surface area (Å²) in [6, 6.07) is 20.1. The van der Waals surface area contributed by atoms with Gasteiger partial charge in [-0.1, -0.05) is 0 Å². The molecule has 0 amide bonds. The molecule has 0 atom stereocenters. The number of rotatable bonds is 3. The summed E-state index contributed by atoms with van der Waals surface area (Å²) in [6.07, 6.45) is 0. The molecule has 0 saturated carbocycles. The second kappa shape index (κ2) is 7.15. The van der Waals surface area contributed by atoms with E-state index in [2.05, 4.69) is 4.57 Å². The number of aromatic nitrogens is 3. The van der Waals surface area contributed by atoms with Crippen LogP contribution >= 0.6 is 41.3 Å². The van der Waals surface area contributed by atoms with Crippen molar-refractivity contribution in [3.05, 3.63) is 69.7 Å². The molecule has 0 N–H and O–H groups in total. The van der Waals surface area contributed by atoms with Crippen LogP contribution in [0.4, 0.5) is 0 Å². The first-order valence-corrected chi connectivity index (χ1v) is 17.0. The molecule has 2 heterocycles. The molecule has 0 radical (unpaired) electrons. The van der Waals surface area contributed by atoms with Gasteiger partial charge in [0.25, 0.3) is 0 Å². The van der Waals surface area contributed by atoms with Gasteiger partial charge in [-0.25, -0.2) is 0 Å². The number of thioether (sulfide) groups is 1. The molecule has 8 heteroatoms. The molecular formula is C17H13Cl3N3STe+. The third kappa shape index (κ3) is 3.12. The number of halogens is 3. The van der Waals surface area contributed by atoms with Gasteiger partial charge >= 0.3 is 168 Å². The monoisotopic (exact) mass is 526 g/mol. The minimum absolute atomic E-state index is 0.326. The standard InChI is InChI=1S/C17H13Cl3N3STe/c18-11-15-12-24-17-22(14-9-5-2-6-10-14)16(13-7-3-1-4-8-13)21-23(17)25(15,19)20/h1-10,12H,11H2/q+1. The summed E-state index contributed by atoms with van der Waals surface area (Å²) < 4.78 is 4.82. The normalized spacial score (nSPS) is 16.8. The van der Waals surface area contributed by atoms with E-state index >= 15 is 0 Å². The molecule has 128 valence electrons. The minimum atomic E-state index is -3.59. The summed E-state index contributed by atoms with van der Waals surface area (Å²) in [5.74, 6) is 1.14. The van der Waals surface area contributed by atoms with Crippen molar-refractivity contribution >= 4 is 57.5 Å². The summed E-state index contributed by atoms with van der Waals surface area (Å²) in [5.41, 5.74) is 2.03. The number of alkyl halides is 1. The van der Waals surface area contributed by atoms with Gasteiger partial charge in [0.05, 0.1) is 0 Å². The molecule has 0 saturated heterocycles.